The minimum Gasteiger partial charge on any atom is -0.316 e. The summed E-state index contributed by atoms with van der Waals surface area (Å²) >= 11 is 0. The molecule has 1 aliphatic rings. The van der Waals surface area contributed by atoms with Crippen LogP contribution in [0.15, 0.2) is 24.3 Å². The molecule has 1 aromatic heterocycles. The van der Waals surface area contributed by atoms with Crippen molar-refractivity contribution in [1.29, 1.82) is 0 Å². The molecule has 0 amide bonds. The van der Waals surface area contributed by atoms with Crippen molar-refractivity contribution in [3.05, 3.63) is 30.0 Å². The summed E-state index contributed by atoms with van der Waals surface area (Å²) in [5.41, 5.74) is 2.43. The molecule has 4 heteroatoms. The number of aryl methyl sites for hydroxylation is 1. The van der Waals surface area contributed by atoms with Crippen LogP contribution in [0, 0.1) is 5.92 Å². The Morgan fingerprint density at radius 3 is 3.00 bits per heavy atom. The van der Waals surface area contributed by atoms with Gasteiger partial charge < -0.3 is 5.32 Å². The van der Waals surface area contributed by atoms with E-state index in [1.54, 1.807) is 0 Å². The predicted octanol–water partition coefficient (Wildman–Crippen LogP) is 2.39. The van der Waals surface area contributed by atoms with Crippen LogP contribution in [0.2, 0.25) is 0 Å². The second-order valence-corrected chi connectivity index (χ2v) is 6.13. The maximum atomic E-state index is 4.73. The molecular formula is C17H26N4. The number of piperidine rings is 1. The smallest absolute Gasteiger partial charge is 0.0843 e. The number of hydrogen-bond acceptors (Lipinski definition) is 3. The first-order chi connectivity index (χ1) is 10.3. The Bertz CT molecular complexity index is 583. The van der Waals surface area contributed by atoms with Crippen LogP contribution >= 0.6 is 0 Å². The average Bonchev–Trinajstić information content (AvgIpc) is 2.84. The molecule has 1 saturated heterocycles. The molecule has 21 heavy (non-hydrogen) atoms. The van der Waals surface area contributed by atoms with Gasteiger partial charge in [-0.2, -0.15) is 5.10 Å². The summed E-state index contributed by atoms with van der Waals surface area (Å²) in [7, 11) is 2.03. The molecule has 1 aliphatic heterocycles. The second kappa shape index (κ2) is 6.58. The van der Waals surface area contributed by atoms with Crippen LogP contribution in [0.3, 0.4) is 0 Å². The summed E-state index contributed by atoms with van der Waals surface area (Å²) in [5.74, 6) is 0.786. The van der Waals surface area contributed by atoms with Crippen molar-refractivity contribution in [3.8, 4) is 0 Å². The number of hydrogen-bond donors (Lipinski definition) is 1. The molecule has 0 bridgehead atoms. The van der Waals surface area contributed by atoms with Crippen LogP contribution in [0.4, 0.5) is 0 Å². The summed E-state index contributed by atoms with van der Waals surface area (Å²) in [4.78, 5) is 2.53. The van der Waals surface area contributed by atoms with Crippen LogP contribution in [-0.4, -0.2) is 40.9 Å². The van der Waals surface area contributed by atoms with E-state index in [9.17, 15) is 0 Å². The number of aromatic nitrogens is 2. The second-order valence-electron chi connectivity index (χ2n) is 6.13. The normalized spacial score (nSPS) is 19.5. The molecule has 3 rings (SSSR count). The highest BCUT2D eigenvalue weighted by Gasteiger charge is 2.18. The molecule has 114 valence electrons. The molecule has 1 N–H and O–H groups in total. The monoisotopic (exact) mass is 286 g/mol. The number of benzene rings is 1. The zero-order chi connectivity index (χ0) is 14.7. The summed E-state index contributed by atoms with van der Waals surface area (Å²) in [5, 5.41) is 9.54. The van der Waals surface area contributed by atoms with Crippen molar-refractivity contribution in [2.45, 2.75) is 26.3 Å². The van der Waals surface area contributed by atoms with Crippen LogP contribution < -0.4 is 5.32 Å². The van der Waals surface area contributed by atoms with Crippen molar-refractivity contribution in [2.75, 3.05) is 26.2 Å². The molecule has 1 aromatic carbocycles. The first kappa shape index (κ1) is 14.5. The van der Waals surface area contributed by atoms with Gasteiger partial charge in [0.05, 0.1) is 11.2 Å². The maximum absolute atomic E-state index is 4.73. The summed E-state index contributed by atoms with van der Waals surface area (Å²) < 4.78 is 2.00. The number of nitrogens with one attached hydrogen (secondary N) is 1. The standard InChI is InChI=1S/C17H26N4/c1-3-21(12-14-7-6-10-18-11-14)13-16-15-8-4-5-9-17(15)20(2)19-16/h4-5,8-9,14,18H,3,6-7,10-13H2,1-2H3. The van der Waals surface area contributed by atoms with Crippen molar-refractivity contribution in [3.63, 3.8) is 0 Å². The molecule has 2 heterocycles. The van der Waals surface area contributed by atoms with E-state index in [1.165, 1.54) is 49.1 Å². The van der Waals surface area contributed by atoms with Crippen molar-refractivity contribution >= 4 is 10.9 Å². The van der Waals surface area contributed by atoms with Gasteiger partial charge in [-0.15, -0.1) is 0 Å². The Morgan fingerprint density at radius 1 is 1.38 bits per heavy atom. The summed E-state index contributed by atoms with van der Waals surface area (Å²) in [6, 6.07) is 8.52. The van der Waals surface area contributed by atoms with Crippen molar-refractivity contribution < 1.29 is 0 Å². The SMILES string of the molecule is CCN(Cc1nn(C)c2ccccc12)CC1CCCNC1. The highest BCUT2D eigenvalue weighted by molar-refractivity contribution is 5.81. The first-order valence-electron chi connectivity index (χ1n) is 8.11. The fourth-order valence-corrected chi connectivity index (χ4v) is 3.37. The molecule has 0 radical (unpaired) electrons. The Labute approximate surface area is 127 Å². The summed E-state index contributed by atoms with van der Waals surface area (Å²) in [6.45, 7) is 7.82. The molecule has 2 aromatic rings. The lowest BCUT2D eigenvalue weighted by Crippen LogP contribution is -2.38. The van der Waals surface area contributed by atoms with Crippen LogP contribution in [0.25, 0.3) is 10.9 Å². The zero-order valence-electron chi connectivity index (χ0n) is 13.2. The van der Waals surface area contributed by atoms with E-state index in [2.05, 4.69) is 41.4 Å². The maximum Gasteiger partial charge on any atom is 0.0843 e. The minimum atomic E-state index is 0.786. The number of fused-ring (bicyclic) bond motifs is 1. The van der Waals surface area contributed by atoms with Gasteiger partial charge in [0.25, 0.3) is 0 Å². The molecule has 0 spiro atoms. The van der Waals surface area contributed by atoms with Gasteiger partial charge in [0.1, 0.15) is 0 Å². The van der Waals surface area contributed by atoms with Gasteiger partial charge in [0.15, 0.2) is 0 Å². The van der Waals surface area contributed by atoms with Crippen molar-refractivity contribution in [2.24, 2.45) is 13.0 Å². The zero-order valence-corrected chi connectivity index (χ0v) is 13.2. The number of rotatable bonds is 5. The summed E-state index contributed by atoms with van der Waals surface area (Å²) in [6.07, 6.45) is 2.67. The Hall–Kier alpha value is -1.39. The third-order valence-corrected chi connectivity index (χ3v) is 4.57. The van der Waals surface area contributed by atoms with E-state index in [1.807, 2.05) is 11.7 Å². The molecule has 4 nitrogen and oxygen atoms in total. The third-order valence-electron chi connectivity index (χ3n) is 4.57. The number of nitrogens with zero attached hydrogens (tertiary/aromatic N) is 3. The molecule has 1 fully saturated rings. The van der Waals surface area contributed by atoms with E-state index in [-0.39, 0.29) is 0 Å². The highest BCUT2D eigenvalue weighted by atomic mass is 15.3. The van der Waals surface area contributed by atoms with E-state index < -0.39 is 0 Å². The molecule has 0 saturated carbocycles. The quantitative estimate of drug-likeness (QED) is 0.916. The van der Waals surface area contributed by atoms with E-state index in [0.717, 1.165) is 19.0 Å². The van der Waals surface area contributed by atoms with Crippen LogP contribution in [0.1, 0.15) is 25.5 Å². The van der Waals surface area contributed by atoms with Crippen LogP contribution in [-0.2, 0) is 13.6 Å². The van der Waals surface area contributed by atoms with Gasteiger partial charge in [-0.05, 0) is 44.5 Å². The van der Waals surface area contributed by atoms with E-state index >= 15 is 0 Å². The predicted molar refractivity (Wildman–Crippen MR) is 87.3 cm³/mol. The van der Waals surface area contributed by atoms with Crippen molar-refractivity contribution in [1.82, 2.24) is 20.0 Å². The molecular weight excluding hydrogens is 260 g/mol. The largest absolute Gasteiger partial charge is 0.316 e. The van der Waals surface area contributed by atoms with Gasteiger partial charge in [-0.3, -0.25) is 9.58 Å². The Kier molecular flexibility index (Phi) is 4.56. The first-order valence-corrected chi connectivity index (χ1v) is 8.11. The molecule has 1 unspecified atom stereocenters. The van der Waals surface area contributed by atoms with Crippen LogP contribution in [0.5, 0.6) is 0 Å². The Balaban J connectivity index is 1.73. The molecule has 1 atom stereocenters. The lowest BCUT2D eigenvalue weighted by Gasteiger charge is -2.29. The van der Waals surface area contributed by atoms with Gasteiger partial charge in [0.2, 0.25) is 0 Å². The van der Waals surface area contributed by atoms with Gasteiger partial charge in [0, 0.05) is 25.5 Å². The third kappa shape index (κ3) is 3.27. The lowest BCUT2D eigenvalue weighted by molar-refractivity contribution is 0.208. The van der Waals surface area contributed by atoms with Gasteiger partial charge >= 0.3 is 0 Å². The fraction of sp³-hybridized carbons (Fsp3) is 0.588. The fourth-order valence-electron chi connectivity index (χ4n) is 3.37. The molecule has 0 aliphatic carbocycles. The Morgan fingerprint density at radius 2 is 2.24 bits per heavy atom. The number of para-hydroxylation sites is 1. The lowest BCUT2D eigenvalue weighted by atomic mass is 9.99. The highest BCUT2D eigenvalue weighted by Crippen LogP contribution is 2.20. The van der Waals surface area contributed by atoms with E-state index in [4.69, 9.17) is 5.10 Å². The van der Waals surface area contributed by atoms with Gasteiger partial charge in [-0.25, -0.2) is 0 Å². The topological polar surface area (TPSA) is 33.1 Å². The van der Waals surface area contributed by atoms with Gasteiger partial charge in [-0.1, -0.05) is 25.1 Å². The van der Waals surface area contributed by atoms with E-state index in [0.29, 0.717) is 0 Å². The average molecular weight is 286 g/mol. The minimum absolute atomic E-state index is 0.786.